The Morgan fingerprint density at radius 1 is 0.850 bits per heavy atom. The Morgan fingerprint density at radius 2 is 1.40 bits per heavy atom. The molecule has 0 atom stereocenters. The van der Waals surface area contributed by atoms with Crippen LogP contribution in [0.15, 0.2) is 36.4 Å². The van der Waals surface area contributed by atoms with Gasteiger partial charge in [0, 0.05) is 17.7 Å². The molecule has 6 nitrogen and oxygen atoms in total. The summed E-state index contributed by atoms with van der Waals surface area (Å²) in [4.78, 5) is 20.6. The molecule has 2 aromatic rings. The molecule has 2 aromatic carbocycles. The molecule has 0 saturated heterocycles. The summed E-state index contributed by atoms with van der Waals surface area (Å²) in [5, 5.41) is 21.8. The third-order valence-corrected chi connectivity index (χ3v) is 3.34. The van der Waals surface area contributed by atoms with Crippen molar-refractivity contribution in [1.29, 1.82) is 0 Å². The Morgan fingerprint density at radius 3 is 2.00 bits per heavy atom. The Hall–Kier alpha value is -2.18. The molecule has 0 saturated carbocycles. The maximum atomic E-state index is 11.0. The van der Waals surface area contributed by atoms with Gasteiger partial charge in [-0.05, 0) is 6.07 Å². The predicted molar refractivity (Wildman–Crippen MR) is 75.2 cm³/mol. The number of hydrogen-bond donors (Lipinski definition) is 0. The minimum Gasteiger partial charge on any atom is -0.258 e. The van der Waals surface area contributed by atoms with E-state index in [1.54, 1.807) is 0 Å². The number of halogens is 2. The number of nitro groups is 2. The van der Waals surface area contributed by atoms with E-state index in [0.29, 0.717) is 0 Å². The lowest BCUT2D eigenvalue weighted by molar-refractivity contribution is -0.384. The van der Waals surface area contributed by atoms with E-state index in [2.05, 4.69) is 0 Å². The second kappa shape index (κ2) is 5.44. The van der Waals surface area contributed by atoms with Crippen LogP contribution in [-0.2, 0) is 0 Å². The fourth-order valence-electron chi connectivity index (χ4n) is 1.79. The zero-order valence-corrected chi connectivity index (χ0v) is 11.3. The van der Waals surface area contributed by atoms with Crippen molar-refractivity contribution < 1.29 is 9.85 Å². The molecule has 0 aromatic heterocycles. The summed E-state index contributed by atoms with van der Waals surface area (Å²) in [5.74, 6) is 0. The first kappa shape index (κ1) is 14.2. The molecule has 0 unspecified atom stereocenters. The molecule has 0 aliphatic rings. The smallest absolute Gasteiger partial charge is 0.258 e. The highest BCUT2D eigenvalue weighted by Gasteiger charge is 2.24. The average molecular weight is 313 g/mol. The Kier molecular flexibility index (Phi) is 3.87. The summed E-state index contributed by atoms with van der Waals surface area (Å²) in [5.41, 5.74) is -0.385. The van der Waals surface area contributed by atoms with Crippen LogP contribution in [0.2, 0.25) is 10.0 Å². The molecule has 20 heavy (non-hydrogen) atoms. The molecule has 8 heteroatoms. The zero-order valence-electron chi connectivity index (χ0n) is 9.75. The van der Waals surface area contributed by atoms with Gasteiger partial charge in [0.05, 0.1) is 20.4 Å². The van der Waals surface area contributed by atoms with Crippen LogP contribution in [0, 0.1) is 20.2 Å². The fraction of sp³-hybridized carbons (Fsp3) is 0. The minimum atomic E-state index is -0.658. The number of hydrogen-bond acceptors (Lipinski definition) is 4. The van der Waals surface area contributed by atoms with Crippen molar-refractivity contribution >= 4 is 34.6 Å². The van der Waals surface area contributed by atoms with Gasteiger partial charge in [0.15, 0.2) is 0 Å². The van der Waals surface area contributed by atoms with Crippen molar-refractivity contribution in [3.8, 4) is 11.1 Å². The summed E-state index contributed by atoms with van der Waals surface area (Å²) in [7, 11) is 0. The van der Waals surface area contributed by atoms with E-state index in [1.807, 2.05) is 0 Å². The fourth-order valence-corrected chi connectivity index (χ4v) is 2.35. The molecule has 0 aliphatic carbocycles. The van der Waals surface area contributed by atoms with Gasteiger partial charge in [0.2, 0.25) is 0 Å². The summed E-state index contributed by atoms with van der Waals surface area (Å²) in [6.07, 6.45) is 0. The van der Waals surface area contributed by atoms with Gasteiger partial charge >= 0.3 is 0 Å². The van der Waals surface area contributed by atoms with Crippen LogP contribution in [0.1, 0.15) is 0 Å². The largest absolute Gasteiger partial charge is 0.288 e. The molecule has 0 bridgehead atoms. The lowest BCUT2D eigenvalue weighted by Crippen LogP contribution is -1.95. The Bertz CT molecular complexity index is 719. The van der Waals surface area contributed by atoms with Crippen LogP contribution in [0.25, 0.3) is 11.1 Å². The quantitative estimate of drug-likeness (QED) is 0.617. The molecule has 0 heterocycles. The highest BCUT2D eigenvalue weighted by atomic mass is 35.5. The van der Waals surface area contributed by atoms with Crippen molar-refractivity contribution in [2.45, 2.75) is 0 Å². The van der Waals surface area contributed by atoms with E-state index >= 15 is 0 Å². The summed E-state index contributed by atoms with van der Waals surface area (Å²) in [6, 6.07) is 8.20. The lowest BCUT2D eigenvalue weighted by Gasteiger charge is -2.07. The highest BCUT2D eigenvalue weighted by Crippen LogP contribution is 2.42. The summed E-state index contributed by atoms with van der Waals surface area (Å²) < 4.78 is 0. The van der Waals surface area contributed by atoms with E-state index in [1.165, 1.54) is 36.4 Å². The predicted octanol–water partition coefficient (Wildman–Crippen LogP) is 4.48. The van der Waals surface area contributed by atoms with Gasteiger partial charge in [0.25, 0.3) is 11.4 Å². The maximum Gasteiger partial charge on any atom is 0.288 e. The molecule has 102 valence electrons. The summed E-state index contributed by atoms with van der Waals surface area (Å²) in [6.45, 7) is 0. The third-order valence-electron chi connectivity index (χ3n) is 2.63. The van der Waals surface area contributed by atoms with E-state index in [4.69, 9.17) is 23.2 Å². The van der Waals surface area contributed by atoms with Crippen LogP contribution in [-0.4, -0.2) is 9.85 Å². The first-order valence-electron chi connectivity index (χ1n) is 5.29. The molecular formula is C12H6Cl2N2O4. The van der Waals surface area contributed by atoms with Crippen molar-refractivity contribution in [3.63, 3.8) is 0 Å². The Labute approximate surface area is 122 Å². The van der Waals surface area contributed by atoms with Crippen LogP contribution in [0.3, 0.4) is 0 Å². The van der Waals surface area contributed by atoms with Crippen molar-refractivity contribution in [2.24, 2.45) is 0 Å². The second-order valence-electron chi connectivity index (χ2n) is 3.79. The molecule has 0 radical (unpaired) electrons. The number of rotatable bonds is 3. The van der Waals surface area contributed by atoms with Crippen molar-refractivity contribution in [3.05, 3.63) is 66.7 Å². The molecule has 0 aliphatic heterocycles. The van der Waals surface area contributed by atoms with Gasteiger partial charge in [-0.15, -0.1) is 0 Å². The zero-order chi connectivity index (χ0) is 14.9. The van der Waals surface area contributed by atoms with Crippen LogP contribution in [0.4, 0.5) is 11.4 Å². The minimum absolute atomic E-state index is 0.0628. The molecular weight excluding hydrogens is 307 g/mol. The second-order valence-corrected chi connectivity index (χ2v) is 4.57. The maximum absolute atomic E-state index is 11.0. The van der Waals surface area contributed by atoms with E-state index in [9.17, 15) is 20.2 Å². The van der Waals surface area contributed by atoms with E-state index < -0.39 is 9.85 Å². The van der Waals surface area contributed by atoms with Gasteiger partial charge in [-0.3, -0.25) is 20.2 Å². The highest BCUT2D eigenvalue weighted by molar-refractivity contribution is 6.38. The molecule has 2 rings (SSSR count). The molecule has 0 N–H and O–H groups in total. The number of nitrogens with zero attached hydrogens (tertiary/aromatic N) is 2. The normalized spacial score (nSPS) is 10.3. The monoisotopic (exact) mass is 312 g/mol. The van der Waals surface area contributed by atoms with Crippen LogP contribution < -0.4 is 0 Å². The lowest BCUT2D eigenvalue weighted by atomic mass is 10.0. The van der Waals surface area contributed by atoms with Crippen LogP contribution in [0.5, 0.6) is 0 Å². The van der Waals surface area contributed by atoms with Gasteiger partial charge in [-0.25, -0.2) is 0 Å². The molecule has 0 fully saturated rings. The average Bonchev–Trinajstić information content (AvgIpc) is 2.38. The van der Waals surface area contributed by atoms with E-state index in [-0.39, 0.29) is 32.5 Å². The number of nitro benzene ring substituents is 2. The van der Waals surface area contributed by atoms with E-state index in [0.717, 1.165) is 0 Å². The molecule has 0 amide bonds. The first-order valence-corrected chi connectivity index (χ1v) is 6.05. The van der Waals surface area contributed by atoms with Crippen LogP contribution >= 0.6 is 23.2 Å². The van der Waals surface area contributed by atoms with Gasteiger partial charge in [-0.2, -0.15) is 0 Å². The van der Waals surface area contributed by atoms with Gasteiger partial charge < -0.3 is 0 Å². The van der Waals surface area contributed by atoms with Gasteiger partial charge in [-0.1, -0.05) is 41.4 Å². The van der Waals surface area contributed by atoms with Crippen molar-refractivity contribution in [1.82, 2.24) is 0 Å². The standard InChI is InChI=1S/C12H6Cl2N2O4/c13-8-4-2-5-9(15(17)18)11(8)7-3-1-6-10(12(7)14)16(19)20/h1-6H. The molecule has 0 spiro atoms. The Balaban J connectivity index is 2.79. The topological polar surface area (TPSA) is 86.3 Å². The van der Waals surface area contributed by atoms with Crippen molar-refractivity contribution in [2.75, 3.05) is 0 Å². The summed E-state index contributed by atoms with van der Waals surface area (Å²) >= 11 is 11.9. The SMILES string of the molecule is O=[N+]([O-])c1cccc(-c2c(Cl)cccc2[N+](=O)[O-])c1Cl. The first-order chi connectivity index (χ1) is 9.43. The number of benzene rings is 2. The van der Waals surface area contributed by atoms with Gasteiger partial charge in [0.1, 0.15) is 5.02 Å². The third kappa shape index (κ3) is 2.43.